The third kappa shape index (κ3) is 11.6. The summed E-state index contributed by atoms with van der Waals surface area (Å²) in [6.45, 7) is 27.4. The molecule has 0 saturated heterocycles. The van der Waals surface area contributed by atoms with Gasteiger partial charge in [0.1, 0.15) is 22.3 Å². The largest absolute Gasteiger partial charge is 0.456 e. The molecule has 17 aromatic rings. The first-order valence-corrected chi connectivity index (χ1v) is 40.3. The molecule has 0 fully saturated rings. The predicted octanol–water partition coefficient (Wildman–Crippen LogP) is 27.8. The van der Waals surface area contributed by atoms with Crippen molar-refractivity contribution in [1.29, 1.82) is 0 Å². The number of rotatable bonds is 9. The lowest BCUT2D eigenvalue weighted by Crippen LogP contribution is -2.61. The third-order valence-corrected chi connectivity index (χ3v) is 24.7. The SMILES string of the molecule is CC(C)(C)c1ccc(-c2cccc(-c3ccc(C(C)(C)C)cc3)c2N2c3ccc(-c4cccc5oc6ccccc6c45)cc3B3c4cc(-c5cccc6oc7ccccc7c56)ccc4N(c4c(-c5ccc(C(C)(C)C)cc5)cccc4-c4ccc(C(C)(C)C)cc4)c4cc(C5c6ccccc6Cc6ccccc65)cc2c43)cc1. The van der Waals surface area contributed by atoms with Gasteiger partial charge >= 0.3 is 0 Å². The normalized spacial score (nSPS) is 13.5. The van der Waals surface area contributed by atoms with Gasteiger partial charge in [0.15, 0.2) is 0 Å². The van der Waals surface area contributed by atoms with Crippen molar-refractivity contribution >= 4 is 101 Å². The highest BCUT2D eigenvalue weighted by Gasteiger charge is 2.47. The van der Waals surface area contributed by atoms with E-state index >= 15 is 0 Å². The lowest BCUT2D eigenvalue weighted by atomic mass is 9.33. The van der Waals surface area contributed by atoms with E-state index in [0.717, 1.165) is 151 Å². The maximum absolute atomic E-state index is 6.79. The first kappa shape index (κ1) is 69.7. The summed E-state index contributed by atoms with van der Waals surface area (Å²) in [6, 6.07) is 121. The van der Waals surface area contributed by atoms with Crippen LogP contribution in [-0.4, -0.2) is 6.71 Å². The Morgan fingerprint density at radius 3 is 0.956 bits per heavy atom. The van der Waals surface area contributed by atoms with Crippen molar-refractivity contribution in [3.05, 3.63) is 366 Å². The topological polar surface area (TPSA) is 32.8 Å². The molecule has 0 N–H and O–H groups in total. The predicted molar refractivity (Wildman–Crippen MR) is 479 cm³/mol. The molecule has 0 spiro atoms. The summed E-state index contributed by atoms with van der Waals surface area (Å²) in [5, 5.41) is 4.40. The van der Waals surface area contributed by atoms with E-state index in [1.165, 1.54) is 66.5 Å². The second kappa shape index (κ2) is 26.1. The first-order valence-electron chi connectivity index (χ1n) is 40.3. The fraction of sp³-hybridized carbons (Fsp3) is 0.167. The van der Waals surface area contributed by atoms with Crippen molar-refractivity contribution in [2.24, 2.45) is 0 Å². The molecule has 4 heterocycles. The van der Waals surface area contributed by atoms with Gasteiger partial charge in [-0.05, 0) is 188 Å². The van der Waals surface area contributed by atoms with E-state index in [9.17, 15) is 0 Å². The highest BCUT2D eigenvalue weighted by atomic mass is 16.3. The molecule has 4 nitrogen and oxygen atoms in total. The molecule has 0 saturated carbocycles. The second-order valence-electron chi connectivity index (χ2n) is 35.9. The number of furan rings is 2. The minimum atomic E-state index is -0.349. The molecule has 1 aliphatic carbocycles. The Morgan fingerprint density at radius 1 is 0.283 bits per heavy atom. The summed E-state index contributed by atoms with van der Waals surface area (Å²) in [4.78, 5) is 5.47. The van der Waals surface area contributed by atoms with Gasteiger partial charge in [0.25, 0.3) is 6.71 Å². The van der Waals surface area contributed by atoms with Gasteiger partial charge in [0, 0.05) is 72.5 Å². The number of hydrogen-bond donors (Lipinski definition) is 0. The molecule has 548 valence electrons. The Bertz CT molecular complexity index is 6130. The summed E-state index contributed by atoms with van der Waals surface area (Å²) in [6.07, 6.45) is 0.856. The van der Waals surface area contributed by atoms with Crippen molar-refractivity contribution in [3.63, 3.8) is 0 Å². The van der Waals surface area contributed by atoms with Crippen molar-refractivity contribution < 1.29 is 8.83 Å². The summed E-state index contributed by atoms with van der Waals surface area (Å²) in [7, 11) is 0. The third-order valence-electron chi connectivity index (χ3n) is 24.7. The minimum Gasteiger partial charge on any atom is -0.456 e. The molecule has 0 unspecified atom stereocenters. The van der Waals surface area contributed by atoms with Crippen molar-refractivity contribution in [2.75, 3.05) is 9.80 Å². The van der Waals surface area contributed by atoms with Crippen molar-refractivity contribution in [1.82, 2.24) is 0 Å². The smallest absolute Gasteiger partial charge is 0.252 e. The van der Waals surface area contributed by atoms with E-state index in [1.807, 2.05) is 0 Å². The van der Waals surface area contributed by atoms with E-state index in [-0.39, 0.29) is 34.3 Å². The number of nitrogens with zero attached hydrogens (tertiary/aromatic N) is 2. The molecule has 0 bridgehead atoms. The fourth-order valence-corrected chi connectivity index (χ4v) is 18.8. The van der Waals surface area contributed by atoms with Gasteiger partial charge in [0.05, 0.1) is 11.4 Å². The van der Waals surface area contributed by atoms with Gasteiger partial charge < -0.3 is 18.6 Å². The van der Waals surface area contributed by atoms with Crippen LogP contribution in [0.15, 0.2) is 324 Å². The van der Waals surface area contributed by atoms with E-state index < -0.39 is 0 Å². The maximum Gasteiger partial charge on any atom is 0.252 e. The highest BCUT2D eigenvalue weighted by Crippen LogP contribution is 2.56. The first-order chi connectivity index (χ1) is 54.6. The molecule has 2 aromatic heterocycles. The maximum atomic E-state index is 6.79. The number of fused-ring (bicyclic) bond motifs is 12. The fourth-order valence-electron chi connectivity index (χ4n) is 18.8. The zero-order valence-electron chi connectivity index (χ0n) is 66.6. The molecule has 0 amide bonds. The Kier molecular flexibility index (Phi) is 16.1. The van der Waals surface area contributed by atoms with Crippen LogP contribution < -0.4 is 26.2 Å². The van der Waals surface area contributed by atoms with Gasteiger partial charge in [-0.1, -0.05) is 350 Å². The molecule has 0 radical (unpaired) electrons. The number of para-hydroxylation sites is 4. The van der Waals surface area contributed by atoms with Crippen LogP contribution in [0.2, 0.25) is 0 Å². The van der Waals surface area contributed by atoms with Crippen LogP contribution in [0.4, 0.5) is 34.1 Å². The molecular formula is C108H91BN2O2. The van der Waals surface area contributed by atoms with Gasteiger partial charge in [-0.15, -0.1) is 0 Å². The van der Waals surface area contributed by atoms with Crippen LogP contribution in [0.1, 0.15) is 139 Å². The zero-order chi connectivity index (χ0) is 77.1. The Morgan fingerprint density at radius 2 is 0.593 bits per heavy atom. The van der Waals surface area contributed by atoms with Crippen LogP contribution in [0, 0.1) is 0 Å². The van der Waals surface area contributed by atoms with Gasteiger partial charge in [-0.25, -0.2) is 0 Å². The monoisotopic (exact) mass is 1460 g/mol. The van der Waals surface area contributed by atoms with Gasteiger partial charge in [-0.2, -0.15) is 0 Å². The average Bonchev–Trinajstić information content (AvgIpc) is 1.02. The molecule has 113 heavy (non-hydrogen) atoms. The Labute approximate surface area is 664 Å². The lowest BCUT2D eigenvalue weighted by Gasteiger charge is -2.46. The van der Waals surface area contributed by atoms with Gasteiger partial charge in [-0.3, -0.25) is 0 Å². The average molecular weight is 1460 g/mol. The molecule has 20 rings (SSSR count). The molecular weight excluding hydrogens is 1370 g/mol. The molecule has 2 aliphatic heterocycles. The highest BCUT2D eigenvalue weighted by molar-refractivity contribution is 7.00. The number of anilines is 6. The van der Waals surface area contributed by atoms with E-state index in [1.54, 1.807) is 0 Å². The number of hydrogen-bond acceptors (Lipinski definition) is 4. The van der Waals surface area contributed by atoms with Crippen LogP contribution in [0.25, 0.3) is 111 Å². The lowest BCUT2D eigenvalue weighted by molar-refractivity contribution is 0.590. The Hall–Kier alpha value is -12.4. The Balaban J connectivity index is 0.976. The summed E-state index contributed by atoms with van der Waals surface area (Å²) in [5.41, 5.74) is 38.9. The standard InChI is InChI=1S/C108H91BN2O2/c1-105(2,3)75-51-41-66(42-52-75)83-33-21-34-84(67-43-53-76(54-44-67)106(4,5)6)103(83)110-91-59-49-72(81-31-23-39-97-100(81)87-29-17-19-37-95(87)112-97)62-89(91)109-90-63-73(82-32-24-40-98-101(82)88-30-18-20-38-96(88)113-98)50-60-92(90)111(94-65-74(64-93(110)102(94)109)99-79-27-15-13-25-70(79)61-71-26-14-16-28-80(71)99)104-85(68-45-55-77(56-46-68)107(7,8)9)35-22-36-86(104)69-47-57-78(58-48-69)108(10,11)12/h13-60,62-65,99H,61H2,1-12H3. The molecule has 0 atom stereocenters. The quantitative estimate of drug-likeness (QED) is 0.135. The van der Waals surface area contributed by atoms with Crippen LogP contribution >= 0.6 is 0 Å². The molecule has 5 heteroatoms. The van der Waals surface area contributed by atoms with Crippen LogP contribution in [0.5, 0.6) is 0 Å². The summed E-state index contributed by atoms with van der Waals surface area (Å²) in [5.74, 6) is -0.142. The van der Waals surface area contributed by atoms with Crippen LogP contribution in [0.3, 0.4) is 0 Å². The summed E-state index contributed by atoms with van der Waals surface area (Å²) >= 11 is 0. The zero-order valence-corrected chi connectivity index (χ0v) is 66.6. The molecule has 15 aromatic carbocycles. The van der Waals surface area contributed by atoms with Crippen molar-refractivity contribution in [3.8, 4) is 66.8 Å². The molecule has 3 aliphatic rings. The van der Waals surface area contributed by atoms with Crippen LogP contribution in [-0.2, 0) is 28.1 Å². The number of benzene rings is 15. The minimum absolute atomic E-state index is 0.0649. The summed E-state index contributed by atoms with van der Waals surface area (Å²) < 4.78 is 13.6. The van der Waals surface area contributed by atoms with E-state index in [0.29, 0.717) is 0 Å². The van der Waals surface area contributed by atoms with Gasteiger partial charge in [0.2, 0.25) is 0 Å². The van der Waals surface area contributed by atoms with E-state index in [2.05, 4.69) is 408 Å². The second-order valence-corrected chi connectivity index (χ2v) is 35.9. The van der Waals surface area contributed by atoms with E-state index in [4.69, 9.17) is 8.83 Å². The van der Waals surface area contributed by atoms with Crippen molar-refractivity contribution in [2.45, 2.75) is 117 Å².